The van der Waals surface area contributed by atoms with Crippen LogP contribution in [0.1, 0.15) is 27.2 Å². The Labute approximate surface area is 175 Å². The van der Waals surface area contributed by atoms with E-state index >= 15 is 0 Å². The van der Waals surface area contributed by atoms with E-state index in [1.54, 1.807) is 37.6 Å². The summed E-state index contributed by atoms with van der Waals surface area (Å²) in [5.74, 6) is 0.595. The first-order valence-corrected chi connectivity index (χ1v) is 9.51. The maximum atomic E-state index is 12.1. The van der Waals surface area contributed by atoms with Crippen molar-refractivity contribution in [3.05, 3.63) is 89.2 Å². The van der Waals surface area contributed by atoms with Gasteiger partial charge in [-0.05, 0) is 54.4 Å². The maximum absolute atomic E-state index is 12.1. The lowest BCUT2D eigenvalue weighted by molar-refractivity contribution is 0.0950. The molecule has 3 amide bonds. The van der Waals surface area contributed by atoms with E-state index in [0.29, 0.717) is 24.3 Å². The molecule has 0 bridgehead atoms. The number of aromatic nitrogens is 1. The van der Waals surface area contributed by atoms with Crippen LogP contribution in [0, 0.1) is 6.92 Å². The fourth-order valence-corrected chi connectivity index (χ4v) is 2.69. The van der Waals surface area contributed by atoms with Crippen molar-refractivity contribution in [2.75, 3.05) is 12.4 Å². The number of pyridine rings is 1. The molecule has 1 heterocycles. The summed E-state index contributed by atoms with van der Waals surface area (Å²) in [6, 6.07) is 18.0. The molecule has 3 N–H and O–H groups in total. The largest absolute Gasteiger partial charge is 0.497 e. The molecule has 0 spiro atoms. The summed E-state index contributed by atoms with van der Waals surface area (Å²) in [6.45, 7) is 2.67. The zero-order valence-electron chi connectivity index (χ0n) is 16.9. The van der Waals surface area contributed by atoms with Crippen LogP contribution in [0.25, 0.3) is 0 Å². The van der Waals surface area contributed by atoms with Crippen LogP contribution in [0.15, 0.2) is 66.9 Å². The third kappa shape index (κ3) is 6.07. The average molecular weight is 404 g/mol. The number of nitrogens with zero attached hydrogens (tertiary/aromatic N) is 1. The summed E-state index contributed by atoms with van der Waals surface area (Å²) < 4.78 is 5.11. The zero-order chi connectivity index (χ0) is 21.3. The van der Waals surface area contributed by atoms with Crippen LogP contribution in [0.3, 0.4) is 0 Å². The van der Waals surface area contributed by atoms with Crippen molar-refractivity contribution in [1.29, 1.82) is 0 Å². The van der Waals surface area contributed by atoms with Gasteiger partial charge < -0.3 is 20.7 Å². The van der Waals surface area contributed by atoms with Crippen LogP contribution in [-0.4, -0.2) is 24.0 Å². The van der Waals surface area contributed by atoms with Crippen molar-refractivity contribution >= 4 is 17.6 Å². The van der Waals surface area contributed by atoms with Crippen LogP contribution in [0.4, 0.5) is 10.5 Å². The van der Waals surface area contributed by atoms with Gasteiger partial charge in [-0.15, -0.1) is 0 Å². The van der Waals surface area contributed by atoms with Crippen molar-refractivity contribution in [3.63, 3.8) is 0 Å². The first kappa shape index (κ1) is 20.9. The Bertz CT molecular complexity index is 984. The quantitative estimate of drug-likeness (QED) is 0.560. The minimum Gasteiger partial charge on any atom is -0.497 e. The molecule has 1 aromatic heterocycles. The molecular formula is C23H24N4O3. The maximum Gasteiger partial charge on any atom is 0.319 e. The predicted molar refractivity (Wildman–Crippen MR) is 115 cm³/mol. The second-order valence-corrected chi connectivity index (χ2v) is 6.72. The molecule has 2 aromatic carbocycles. The number of rotatable bonds is 7. The Morgan fingerprint density at radius 2 is 1.50 bits per heavy atom. The Morgan fingerprint density at radius 3 is 2.10 bits per heavy atom. The van der Waals surface area contributed by atoms with Gasteiger partial charge in [0.05, 0.1) is 12.7 Å². The third-order valence-corrected chi connectivity index (χ3v) is 4.45. The molecule has 7 nitrogen and oxygen atoms in total. The normalized spacial score (nSPS) is 10.2. The minimum absolute atomic E-state index is 0.178. The van der Waals surface area contributed by atoms with Crippen LogP contribution < -0.4 is 20.7 Å². The lowest BCUT2D eigenvalue weighted by atomic mass is 10.2. The van der Waals surface area contributed by atoms with E-state index in [0.717, 1.165) is 22.6 Å². The van der Waals surface area contributed by atoms with Crippen LogP contribution in [-0.2, 0) is 13.1 Å². The van der Waals surface area contributed by atoms with E-state index < -0.39 is 0 Å². The molecule has 154 valence electrons. The number of amides is 3. The van der Waals surface area contributed by atoms with E-state index in [2.05, 4.69) is 20.9 Å². The van der Waals surface area contributed by atoms with Gasteiger partial charge in [0.1, 0.15) is 5.75 Å². The standard InChI is InChI=1S/C23H24N4O3/c1-16-3-8-19(15-24-16)22(28)25-13-17-4-9-20(10-5-17)27-23(29)26-14-18-6-11-21(30-2)12-7-18/h3-12,15H,13-14H2,1-2H3,(H,25,28)(H2,26,27,29). The second-order valence-electron chi connectivity index (χ2n) is 6.72. The SMILES string of the molecule is COc1ccc(CNC(=O)Nc2ccc(CNC(=O)c3ccc(C)nc3)cc2)cc1. The van der Waals surface area contributed by atoms with Crippen molar-refractivity contribution in [2.45, 2.75) is 20.0 Å². The Balaban J connectivity index is 1.44. The molecule has 0 unspecified atom stereocenters. The third-order valence-electron chi connectivity index (χ3n) is 4.45. The van der Waals surface area contributed by atoms with Crippen molar-refractivity contribution < 1.29 is 14.3 Å². The van der Waals surface area contributed by atoms with Gasteiger partial charge in [0, 0.05) is 30.7 Å². The molecule has 0 radical (unpaired) electrons. The highest BCUT2D eigenvalue weighted by molar-refractivity contribution is 5.93. The highest BCUT2D eigenvalue weighted by atomic mass is 16.5. The van der Waals surface area contributed by atoms with Gasteiger partial charge in [0.2, 0.25) is 0 Å². The predicted octanol–water partition coefficient (Wildman–Crippen LogP) is 3.65. The fourth-order valence-electron chi connectivity index (χ4n) is 2.69. The lowest BCUT2D eigenvalue weighted by Gasteiger charge is -2.10. The van der Waals surface area contributed by atoms with Crippen molar-refractivity contribution in [2.24, 2.45) is 0 Å². The minimum atomic E-state index is -0.293. The van der Waals surface area contributed by atoms with Gasteiger partial charge in [-0.3, -0.25) is 9.78 Å². The molecule has 7 heteroatoms. The molecule has 3 aromatic rings. The molecule has 0 saturated carbocycles. The highest BCUT2D eigenvalue weighted by Gasteiger charge is 2.06. The van der Waals surface area contributed by atoms with Gasteiger partial charge in [-0.25, -0.2) is 4.79 Å². The molecule has 0 atom stereocenters. The Kier molecular flexibility index (Phi) is 7.00. The van der Waals surface area contributed by atoms with E-state index in [1.807, 2.05) is 43.3 Å². The summed E-state index contributed by atoms with van der Waals surface area (Å²) in [6.07, 6.45) is 1.56. The zero-order valence-corrected chi connectivity index (χ0v) is 16.9. The van der Waals surface area contributed by atoms with E-state index in [1.165, 1.54) is 0 Å². The van der Waals surface area contributed by atoms with Crippen molar-refractivity contribution in [3.8, 4) is 5.75 Å². The molecule has 0 aliphatic rings. The fraction of sp³-hybridized carbons (Fsp3) is 0.174. The summed E-state index contributed by atoms with van der Waals surface area (Å²) in [5, 5.41) is 8.45. The molecule has 0 aliphatic heterocycles. The van der Waals surface area contributed by atoms with Crippen LogP contribution >= 0.6 is 0 Å². The van der Waals surface area contributed by atoms with Gasteiger partial charge >= 0.3 is 6.03 Å². The van der Waals surface area contributed by atoms with Gasteiger partial charge in [-0.1, -0.05) is 24.3 Å². The average Bonchev–Trinajstić information content (AvgIpc) is 2.78. The Hall–Kier alpha value is -3.87. The molecule has 30 heavy (non-hydrogen) atoms. The summed E-state index contributed by atoms with van der Waals surface area (Å²) in [5.41, 5.74) is 3.95. The van der Waals surface area contributed by atoms with Crippen molar-refractivity contribution in [1.82, 2.24) is 15.6 Å². The van der Waals surface area contributed by atoms with E-state index in [9.17, 15) is 9.59 Å². The van der Waals surface area contributed by atoms with Crippen LogP contribution in [0.5, 0.6) is 5.75 Å². The number of hydrogen-bond donors (Lipinski definition) is 3. The highest BCUT2D eigenvalue weighted by Crippen LogP contribution is 2.12. The van der Waals surface area contributed by atoms with Gasteiger partial charge in [0.25, 0.3) is 5.91 Å². The first-order valence-electron chi connectivity index (χ1n) is 9.51. The summed E-state index contributed by atoms with van der Waals surface area (Å²) in [7, 11) is 1.61. The number of methoxy groups -OCH3 is 1. The monoisotopic (exact) mass is 404 g/mol. The number of urea groups is 1. The van der Waals surface area contributed by atoms with Gasteiger partial charge in [0.15, 0.2) is 0 Å². The molecule has 0 saturated heterocycles. The number of carbonyl (C=O) groups excluding carboxylic acids is 2. The number of hydrogen-bond acceptors (Lipinski definition) is 4. The topological polar surface area (TPSA) is 92.4 Å². The Morgan fingerprint density at radius 1 is 0.867 bits per heavy atom. The lowest BCUT2D eigenvalue weighted by Crippen LogP contribution is -2.28. The van der Waals surface area contributed by atoms with E-state index in [4.69, 9.17) is 4.74 Å². The molecule has 0 fully saturated rings. The summed E-state index contributed by atoms with van der Waals surface area (Å²) >= 11 is 0. The molecule has 0 aliphatic carbocycles. The number of ether oxygens (including phenoxy) is 1. The molecule has 3 rings (SSSR count). The van der Waals surface area contributed by atoms with Crippen LogP contribution in [0.2, 0.25) is 0 Å². The second kappa shape index (κ2) is 10.1. The smallest absolute Gasteiger partial charge is 0.319 e. The number of anilines is 1. The first-order chi connectivity index (χ1) is 14.5. The number of nitrogens with one attached hydrogen (secondary N) is 3. The number of aryl methyl sites for hydroxylation is 1. The number of benzene rings is 2. The summed E-state index contributed by atoms with van der Waals surface area (Å²) in [4.78, 5) is 28.3. The molecular weight excluding hydrogens is 380 g/mol. The van der Waals surface area contributed by atoms with Gasteiger partial charge in [-0.2, -0.15) is 0 Å². The van der Waals surface area contributed by atoms with E-state index in [-0.39, 0.29) is 11.9 Å². The number of carbonyl (C=O) groups is 2.